The predicted octanol–water partition coefficient (Wildman–Crippen LogP) is 2.93. The monoisotopic (exact) mass is 137 g/mol. The molecule has 0 aromatic rings. The van der Waals surface area contributed by atoms with Gasteiger partial charge in [-0.05, 0) is 26.2 Å². The molecule has 0 spiro atoms. The van der Waals surface area contributed by atoms with Gasteiger partial charge in [0.2, 0.25) is 0 Å². The minimum absolute atomic E-state index is 1.18. The molecule has 0 amide bonds. The molecule has 0 aromatic carbocycles. The maximum absolute atomic E-state index is 4.35. The summed E-state index contributed by atoms with van der Waals surface area (Å²) in [6, 6.07) is 0. The lowest BCUT2D eigenvalue weighted by Crippen LogP contribution is -2.01. The second-order valence-corrected chi connectivity index (χ2v) is 2.92. The first-order valence-electron chi connectivity index (χ1n) is 4.04. The van der Waals surface area contributed by atoms with Gasteiger partial charge in [-0.2, -0.15) is 0 Å². The van der Waals surface area contributed by atoms with Gasteiger partial charge in [-0.25, -0.2) is 0 Å². The standard InChI is InChI=1S/C9H15N/c1-3-4-9-6-5-8(2)7-10-9/h7H,3-6H2,1-2H3. The molecule has 56 valence electrons. The van der Waals surface area contributed by atoms with Crippen LogP contribution in [-0.4, -0.2) is 5.71 Å². The summed E-state index contributed by atoms with van der Waals surface area (Å²) in [6.45, 7) is 4.35. The van der Waals surface area contributed by atoms with Crippen LogP contribution in [0.15, 0.2) is 16.8 Å². The van der Waals surface area contributed by atoms with Crippen LogP contribution in [0.3, 0.4) is 0 Å². The van der Waals surface area contributed by atoms with E-state index in [9.17, 15) is 0 Å². The third-order valence-electron chi connectivity index (χ3n) is 1.81. The van der Waals surface area contributed by atoms with E-state index in [0.29, 0.717) is 0 Å². The molecular formula is C9H15N. The van der Waals surface area contributed by atoms with Gasteiger partial charge in [0.25, 0.3) is 0 Å². The smallest absolute Gasteiger partial charge is 0.0256 e. The Bertz CT molecular complexity index is 162. The maximum atomic E-state index is 4.35. The van der Waals surface area contributed by atoms with E-state index in [-0.39, 0.29) is 0 Å². The molecule has 0 N–H and O–H groups in total. The number of aliphatic imine (C=N–C) groups is 1. The van der Waals surface area contributed by atoms with Gasteiger partial charge in [-0.15, -0.1) is 0 Å². The second-order valence-electron chi connectivity index (χ2n) is 2.92. The van der Waals surface area contributed by atoms with E-state index in [0.717, 1.165) is 0 Å². The molecule has 0 unspecified atom stereocenters. The summed E-state index contributed by atoms with van der Waals surface area (Å²) in [5.41, 5.74) is 2.80. The van der Waals surface area contributed by atoms with Gasteiger partial charge in [0.1, 0.15) is 0 Å². The molecule has 1 heterocycles. The molecule has 0 fully saturated rings. The Morgan fingerprint density at radius 3 is 2.80 bits per heavy atom. The first-order valence-corrected chi connectivity index (χ1v) is 4.04. The highest BCUT2D eigenvalue weighted by Gasteiger charge is 2.02. The van der Waals surface area contributed by atoms with Crippen molar-refractivity contribution in [3.05, 3.63) is 11.8 Å². The van der Waals surface area contributed by atoms with Crippen LogP contribution >= 0.6 is 0 Å². The Kier molecular flexibility index (Phi) is 2.67. The zero-order valence-corrected chi connectivity index (χ0v) is 6.85. The van der Waals surface area contributed by atoms with Crippen molar-refractivity contribution >= 4 is 5.71 Å². The third-order valence-corrected chi connectivity index (χ3v) is 1.81. The number of nitrogens with zero attached hydrogens (tertiary/aromatic N) is 1. The van der Waals surface area contributed by atoms with Gasteiger partial charge in [-0.3, -0.25) is 4.99 Å². The molecule has 10 heavy (non-hydrogen) atoms. The lowest BCUT2D eigenvalue weighted by atomic mass is 10.0. The molecule has 0 atom stereocenters. The molecule has 0 saturated carbocycles. The van der Waals surface area contributed by atoms with Crippen molar-refractivity contribution in [1.82, 2.24) is 0 Å². The van der Waals surface area contributed by atoms with Crippen LogP contribution in [0.5, 0.6) is 0 Å². The molecule has 1 aliphatic rings. The molecule has 0 aliphatic carbocycles. The fraction of sp³-hybridized carbons (Fsp3) is 0.667. The first-order chi connectivity index (χ1) is 4.83. The minimum Gasteiger partial charge on any atom is -0.266 e. The van der Waals surface area contributed by atoms with E-state index < -0.39 is 0 Å². The summed E-state index contributed by atoms with van der Waals surface area (Å²) in [4.78, 5) is 4.35. The van der Waals surface area contributed by atoms with E-state index in [4.69, 9.17) is 0 Å². The zero-order valence-electron chi connectivity index (χ0n) is 6.85. The van der Waals surface area contributed by atoms with Crippen molar-refractivity contribution in [2.75, 3.05) is 0 Å². The molecule has 1 heteroatoms. The average Bonchev–Trinajstić information content (AvgIpc) is 1.95. The van der Waals surface area contributed by atoms with Gasteiger partial charge in [-0.1, -0.05) is 18.9 Å². The van der Waals surface area contributed by atoms with Crippen LogP contribution in [0, 0.1) is 0 Å². The highest BCUT2D eigenvalue weighted by molar-refractivity contribution is 5.85. The van der Waals surface area contributed by atoms with Crippen LogP contribution in [0.4, 0.5) is 0 Å². The zero-order chi connectivity index (χ0) is 7.40. The Balaban J connectivity index is 2.47. The highest BCUT2D eigenvalue weighted by atomic mass is 14.7. The molecule has 0 saturated heterocycles. The van der Waals surface area contributed by atoms with E-state index >= 15 is 0 Å². The van der Waals surface area contributed by atoms with Gasteiger partial charge in [0, 0.05) is 11.9 Å². The predicted molar refractivity (Wildman–Crippen MR) is 45.3 cm³/mol. The van der Waals surface area contributed by atoms with Crippen LogP contribution in [0.1, 0.15) is 39.5 Å². The Labute approximate surface area is 62.9 Å². The Hall–Kier alpha value is -0.590. The maximum Gasteiger partial charge on any atom is 0.0256 e. The highest BCUT2D eigenvalue weighted by Crippen LogP contribution is 2.13. The summed E-state index contributed by atoms with van der Waals surface area (Å²) in [6.07, 6.45) is 6.83. The Morgan fingerprint density at radius 1 is 1.50 bits per heavy atom. The fourth-order valence-electron chi connectivity index (χ4n) is 1.15. The van der Waals surface area contributed by atoms with Crippen molar-refractivity contribution in [2.24, 2.45) is 4.99 Å². The van der Waals surface area contributed by atoms with Gasteiger partial charge < -0.3 is 0 Å². The van der Waals surface area contributed by atoms with E-state index in [1.807, 2.05) is 6.20 Å². The molecule has 0 aromatic heterocycles. The number of rotatable bonds is 2. The summed E-state index contributed by atoms with van der Waals surface area (Å²) in [5, 5.41) is 0. The quantitative estimate of drug-likeness (QED) is 0.555. The van der Waals surface area contributed by atoms with Crippen LogP contribution in [0.2, 0.25) is 0 Å². The summed E-state index contributed by atoms with van der Waals surface area (Å²) in [7, 11) is 0. The minimum atomic E-state index is 1.18. The largest absolute Gasteiger partial charge is 0.266 e. The summed E-state index contributed by atoms with van der Waals surface area (Å²) < 4.78 is 0. The second kappa shape index (κ2) is 3.55. The van der Waals surface area contributed by atoms with Crippen molar-refractivity contribution in [1.29, 1.82) is 0 Å². The average molecular weight is 137 g/mol. The first kappa shape index (κ1) is 7.52. The lowest BCUT2D eigenvalue weighted by molar-refractivity contribution is 0.902. The van der Waals surface area contributed by atoms with Crippen LogP contribution < -0.4 is 0 Å². The Morgan fingerprint density at radius 2 is 2.30 bits per heavy atom. The van der Waals surface area contributed by atoms with Gasteiger partial charge in [0.05, 0.1) is 0 Å². The SMILES string of the molecule is CCCC1=NC=C(C)CC1. The van der Waals surface area contributed by atoms with Crippen LogP contribution in [0.25, 0.3) is 0 Å². The summed E-state index contributed by atoms with van der Waals surface area (Å²) >= 11 is 0. The molecule has 0 radical (unpaired) electrons. The molecular weight excluding hydrogens is 122 g/mol. The van der Waals surface area contributed by atoms with Gasteiger partial charge in [0.15, 0.2) is 0 Å². The van der Waals surface area contributed by atoms with Crippen molar-refractivity contribution < 1.29 is 0 Å². The molecule has 0 bridgehead atoms. The summed E-state index contributed by atoms with van der Waals surface area (Å²) in [5.74, 6) is 0. The normalized spacial score (nSPS) is 18.2. The van der Waals surface area contributed by atoms with Crippen molar-refractivity contribution in [2.45, 2.75) is 39.5 Å². The van der Waals surface area contributed by atoms with E-state index in [1.54, 1.807) is 0 Å². The third kappa shape index (κ3) is 1.98. The molecule has 1 rings (SSSR count). The van der Waals surface area contributed by atoms with E-state index in [1.165, 1.54) is 37.0 Å². The fourth-order valence-corrected chi connectivity index (χ4v) is 1.15. The van der Waals surface area contributed by atoms with Gasteiger partial charge >= 0.3 is 0 Å². The number of hydrogen-bond donors (Lipinski definition) is 0. The number of hydrogen-bond acceptors (Lipinski definition) is 1. The lowest BCUT2D eigenvalue weighted by Gasteiger charge is -2.08. The van der Waals surface area contributed by atoms with Crippen LogP contribution in [-0.2, 0) is 0 Å². The topological polar surface area (TPSA) is 12.4 Å². The van der Waals surface area contributed by atoms with Crippen molar-refractivity contribution in [3.63, 3.8) is 0 Å². The molecule has 1 aliphatic heterocycles. The number of allylic oxidation sites excluding steroid dienone is 1. The van der Waals surface area contributed by atoms with E-state index in [2.05, 4.69) is 18.8 Å². The van der Waals surface area contributed by atoms with Crippen molar-refractivity contribution in [3.8, 4) is 0 Å². The molecule has 1 nitrogen and oxygen atoms in total.